The van der Waals surface area contributed by atoms with E-state index < -0.39 is 9.84 Å². The van der Waals surface area contributed by atoms with Crippen molar-refractivity contribution in [1.29, 1.82) is 0 Å². The van der Waals surface area contributed by atoms with Gasteiger partial charge in [-0.15, -0.1) is 0 Å². The molecule has 1 atom stereocenters. The number of piperazine rings is 1. The van der Waals surface area contributed by atoms with Crippen molar-refractivity contribution >= 4 is 21.6 Å². The van der Waals surface area contributed by atoms with Crippen LogP contribution in [0.5, 0.6) is 0 Å². The third kappa shape index (κ3) is 4.45. The molecule has 0 spiro atoms. The van der Waals surface area contributed by atoms with E-state index in [1.807, 2.05) is 0 Å². The Morgan fingerprint density at radius 1 is 1.12 bits per heavy atom. The van der Waals surface area contributed by atoms with Gasteiger partial charge in [-0.3, -0.25) is 0 Å². The Bertz CT molecular complexity index is 708. The molecule has 2 saturated heterocycles. The Kier molecular flexibility index (Phi) is 5.22. The molecule has 1 N–H and O–H groups in total. The van der Waals surface area contributed by atoms with Crippen LogP contribution in [0.2, 0.25) is 0 Å². The first kappa shape index (κ1) is 18.0. The number of hydrogen-bond donors (Lipinski definition) is 1. The Morgan fingerprint density at radius 2 is 1.76 bits per heavy atom. The number of hydrogen-bond acceptors (Lipinski definition) is 4. The van der Waals surface area contributed by atoms with Crippen LogP contribution in [-0.4, -0.2) is 63.1 Å². The van der Waals surface area contributed by atoms with Crippen molar-refractivity contribution in [2.24, 2.45) is 0 Å². The van der Waals surface area contributed by atoms with E-state index in [2.05, 4.69) is 48.3 Å². The van der Waals surface area contributed by atoms with Crippen molar-refractivity contribution in [3.63, 3.8) is 0 Å². The molecule has 1 unspecified atom stereocenters. The van der Waals surface area contributed by atoms with Gasteiger partial charge in [0.25, 0.3) is 0 Å². The van der Waals surface area contributed by atoms with Gasteiger partial charge in [-0.05, 0) is 30.0 Å². The molecule has 25 heavy (non-hydrogen) atoms. The molecule has 2 amide bonds. The molecule has 2 aliphatic heterocycles. The number of urea groups is 1. The van der Waals surface area contributed by atoms with Gasteiger partial charge >= 0.3 is 6.03 Å². The lowest BCUT2D eigenvalue weighted by atomic mass is 10.0. The van der Waals surface area contributed by atoms with Crippen molar-refractivity contribution in [2.45, 2.75) is 32.2 Å². The van der Waals surface area contributed by atoms with E-state index in [0.717, 1.165) is 13.1 Å². The first-order valence-electron chi connectivity index (χ1n) is 8.95. The Balaban J connectivity index is 1.50. The number of carbonyl (C=O) groups is 1. The number of nitrogens with one attached hydrogen (secondary N) is 1. The van der Waals surface area contributed by atoms with Crippen LogP contribution >= 0.6 is 0 Å². The quantitative estimate of drug-likeness (QED) is 0.887. The van der Waals surface area contributed by atoms with Gasteiger partial charge < -0.3 is 15.1 Å². The zero-order valence-electron chi connectivity index (χ0n) is 14.9. The largest absolute Gasteiger partial charge is 0.368 e. The number of anilines is 1. The van der Waals surface area contributed by atoms with Gasteiger partial charge in [0.1, 0.15) is 0 Å². The first-order valence-corrected chi connectivity index (χ1v) is 10.8. The molecule has 0 aliphatic carbocycles. The summed E-state index contributed by atoms with van der Waals surface area (Å²) in [6.07, 6.45) is 0.524. The molecule has 2 aliphatic rings. The molecule has 1 aromatic rings. The predicted molar refractivity (Wildman–Crippen MR) is 99.9 cm³/mol. The van der Waals surface area contributed by atoms with Gasteiger partial charge in [0, 0.05) is 37.9 Å². The fourth-order valence-corrected chi connectivity index (χ4v) is 5.09. The van der Waals surface area contributed by atoms with Gasteiger partial charge in [0.15, 0.2) is 9.84 Å². The first-order chi connectivity index (χ1) is 11.8. The van der Waals surface area contributed by atoms with Gasteiger partial charge in [0.05, 0.1) is 11.5 Å². The highest BCUT2D eigenvalue weighted by atomic mass is 32.2. The average Bonchev–Trinajstić information content (AvgIpc) is 2.93. The van der Waals surface area contributed by atoms with Crippen molar-refractivity contribution in [2.75, 3.05) is 42.6 Å². The van der Waals surface area contributed by atoms with E-state index in [1.165, 1.54) is 11.3 Å². The lowest BCUT2D eigenvalue weighted by Crippen LogP contribution is -2.53. The topological polar surface area (TPSA) is 69.7 Å². The highest BCUT2D eigenvalue weighted by Crippen LogP contribution is 2.21. The molecule has 0 radical (unpaired) electrons. The van der Waals surface area contributed by atoms with E-state index >= 15 is 0 Å². The third-order valence-electron chi connectivity index (χ3n) is 5.05. The van der Waals surface area contributed by atoms with Gasteiger partial charge in [-0.25, -0.2) is 13.2 Å². The Morgan fingerprint density at radius 3 is 2.28 bits per heavy atom. The van der Waals surface area contributed by atoms with Crippen molar-refractivity contribution in [3.8, 4) is 0 Å². The predicted octanol–water partition coefficient (Wildman–Crippen LogP) is 1.83. The highest BCUT2D eigenvalue weighted by molar-refractivity contribution is 7.91. The molecule has 0 saturated carbocycles. The summed E-state index contributed by atoms with van der Waals surface area (Å²) in [5.41, 5.74) is 2.51. The van der Waals surface area contributed by atoms with Crippen LogP contribution in [0.1, 0.15) is 31.7 Å². The van der Waals surface area contributed by atoms with Crippen LogP contribution in [0.4, 0.5) is 10.5 Å². The summed E-state index contributed by atoms with van der Waals surface area (Å²) >= 11 is 0. The molecule has 6 nitrogen and oxygen atoms in total. The summed E-state index contributed by atoms with van der Waals surface area (Å²) < 4.78 is 23.0. The molecular formula is C18H27N3O3S. The number of nitrogens with zero attached hydrogens (tertiary/aromatic N) is 2. The minimum Gasteiger partial charge on any atom is -0.368 e. The standard InChI is InChI=1S/C18H27N3O3S/c1-14(2)15-3-5-17(6-4-15)20-8-10-21(11-9-20)18(22)19-16-7-12-25(23,24)13-16/h3-6,14,16H,7-13H2,1-2H3,(H,19,22). The molecule has 138 valence electrons. The SMILES string of the molecule is CC(C)c1ccc(N2CCN(C(=O)NC3CCS(=O)(=O)C3)CC2)cc1. The summed E-state index contributed by atoms with van der Waals surface area (Å²) in [6.45, 7) is 7.24. The number of sulfone groups is 1. The second-order valence-electron chi connectivity index (χ2n) is 7.27. The molecule has 3 rings (SSSR count). The smallest absolute Gasteiger partial charge is 0.317 e. The summed E-state index contributed by atoms with van der Waals surface area (Å²) in [7, 11) is -2.97. The van der Waals surface area contributed by atoms with E-state index in [4.69, 9.17) is 0 Å². The monoisotopic (exact) mass is 365 g/mol. The summed E-state index contributed by atoms with van der Waals surface area (Å²) in [5.74, 6) is 0.771. The van der Waals surface area contributed by atoms with Gasteiger partial charge in [-0.1, -0.05) is 26.0 Å². The average molecular weight is 365 g/mol. The Labute approximate surface area is 150 Å². The van der Waals surface area contributed by atoms with E-state index in [1.54, 1.807) is 4.90 Å². The number of carbonyl (C=O) groups excluding carboxylic acids is 1. The molecule has 2 heterocycles. The third-order valence-corrected chi connectivity index (χ3v) is 6.82. The molecule has 7 heteroatoms. The second-order valence-corrected chi connectivity index (χ2v) is 9.50. The number of benzene rings is 1. The van der Waals surface area contributed by atoms with E-state index in [9.17, 15) is 13.2 Å². The van der Waals surface area contributed by atoms with E-state index in [-0.39, 0.29) is 23.6 Å². The lowest BCUT2D eigenvalue weighted by molar-refractivity contribution is 0.191. The zero-order valence-corrected chi connectivity index (χ0v) is 15.8. The van der Waals surface area contributed by atoms with Crippen LogP contribution in [0.3, 0.4) is 0 Å². The molecule has 1 aromatic carbocycles. The van der Waals surface area contributed by atoms with Crippen molar-refractivity contribution in [1.82, 2.24) is 10.2 Å². The van der Waals surface area contributed by atoms with Crippen LogP contribution < -0.4 is 10.2 Å². The molecule has 2 fully saturated rings. The Hall–Kier alpha value is -1.76. The van der Waals surface area contributed by atoms with E-state index in [0.29, 0.717) is 25.4 Å². The summed E-state index contributed by atoms with van der Waals surface area (Å²) in [4.78, 5) is 16.4. The maximum absolute atomic E-state index is 12.3. The zero-order chi connectivity index (χ0) is 18.0. The minimum absolute atomic E-state index is 0.0703. The summed E-state index contributed by atoms with van der Waals surface area (Å²) in [5, 5.41) is 2.87. The molecule has 0 aromatic heterocycles. The lowest BCUT2D eigenvalue weighted by Gasteiger charge is -2.36. The molecular weight excluding hydrogens is 338 g/mol. The van der Waals surface area contributed by atoms with Crippen LogP contribution in [0, 0.1) is 0 Å². The number of rotatable bonds is 3. The van der Waals surface area contributed by atoms with Crippen molar-refractivity contribution in [3.05, 3.63) is 29.8 Å². The van der Waals surface area contributed by atoms with Gasteiger partial charge in [0.2, 0.25) is 0 Å². The minimum atomic E-state index is -2.97. The maximum atomic E-state index is 12.3. The molecule has 0 bridgehead atoms. The second kappa shape index (κ2) is 7.23. The fraction of sp³-hybridized carbons (Fsp3) is 0.611. The fourth-order valence-electron chi connectivity index (χ4n) is 3.41. The van der Waals surface area contributed by atoms with Crippen LogP contribution in [0.25, 0.3) is 0 Å². The highest BCUT2D eigenvalue weighted by Gasteiger charge is 2.30. The normalized spacial score (nSPS) is 23.1. The number of amides is 2. The summed E-state index contributed by atoms with van der Waals surface area (Å²) in [6, 6.07) is 8.25. The van der Waals surface area contributed by atoms with Crippen molar-refractivity contribution < 1.29 is 13.2 Å². The van der Waals surface area contributed by atoms with Gasteiger partial charge in [-0.2, -0.15) is 0 Å². The van der Waals surface area contributed by atoms with Crippen LogP contribution in [-0.2, 0) is 9.84 Å². The van der Waals surface area contributed by atoms with Crippen LogP contribution in [0.15, 0.2) is 24.3 Å². The maximum Gasteiger partial charge on any atom is 0.317 e.